The molecule has 0 saturated heterocycles. The Bertz CT molecular complexity index is 552. The Morgan fingerprint density at radius 3 is 2.79 bits per heavy atom. The van der Waals surface area contributed by atoms with Gasteiger partial charge in [-0.2, -0.15) is 0 Å². The van der Waals surface area contributed by atoms with Crippen LogP contribution in [0.5, 0.6) is 0 Å². The van der Waals surface area contributed by atoms with Crippen molar-refractivity contribution in [3.05, 3.63) is 35.3 Å². The summed E-state index contributed by atoms with van der Waals surface area (Å²) in [6.07, 6.45) is 2.63. The fourth-order valence-electron chi connectivity index (χ4n) is 1.51. The molecule has 0 saturated carbocycles. The average molecular weight is 294 g/mol. The Hall–Kier alpha value is -1.53. The number of nitrogens with one attached hydrogen (secondary N) is 1. The van der Waals surface area contributed by atoms with Gasteiger partial charge in [0.2, 0.25) is 0 Å². The van der Waals surface area contributed by atoms with E-state index in [-0.39, 0.29) is 6.42 Å². The fourth-order valence-corrected chi connectivity index (χ4v) is 2.69. The van der Waals surface area contributed by atoms with Gasteiger partial charge in [-0.3, -0.25) is 4.79 Å². The van der Waals surface area contributed by atoms with Crippen LogP contribution in [-0.2, 0) is 11.2 Å². The van der Waals surface area contributed by atoms with E-state index in [0.29, 0.717) is 6.42 Å². The van der Waals surface area contributed by atoms with Gasteiger partial charge in [-0.25, -0.2) is 4.98 Å². The first-order valence-electron chi connectivity index (χ1n) is 5.74. The van der Waals surface area contributed by atoms with E-state index in [1.165, 1.54) is 16.2 Å². The summed E-state index contributed by atoms with van der Waals surface area (Å²) in [6, 6.07) is 8.10. The van der Waals surface area contributed by atoms with Gasteiger partial charge in [0.15, 0.2) is 5.13 Å². The molecule has 19 heavy (non-hydrogen) atoms. The number of hydrogen-bond acceptors (Lipinski definition) is 5. The molecule has 1 aromatic heterocycles. The summed E-state index contributed by atoms with van der Waals surface area (Å²) in [4.78, 5) is 16.1. The van der Waals surface area contributed by atoms with Gasteiger partial charge < -0.3 is 10.4 Å². The molecule has 0 atom stereocenters. The van der Waals surface area contributed by atoms with Crippen LogP contribution in [0, 0.1) is 0 Å². The first kappa shape index (κ1) is 13.9. The number of carboxylic acids is 1. The molecule has 4 nitrogen and oxygen atoms in total. The molecule has 2 aromatic rings. The van der Waals surface area contributed by atoms with Gasteiger partial charge in [0.1, 0.15) is 0 Å². The molecule has 1 heterocycles. The minimum atomic E-state index is -0.796. The van der Waals surface area contributed by atoms with E-state index in [0.717, 1.165) is 16.5 Å². The molecule has 100 valence electrons. The summed E-state index contributed by atoms with van der Waals surface area (Å²) in [5.41, 5.74) is 1.80. The van der Waals surface area contributed by atoms with Crippen LogP contribution < -0.4 is 5.32 Å². The maximum absolute atomic E-state index is 10.5. The first-order valence-corrected chi connectivity index (χ1v) is 7.85. The number of nitrogens with zero attached hydrogens (tertiary/aromatic N) is 1. The maximum atomic E-state index is 10.5. The Morgan fingerprint density at radius 2 is 2.16 bits per heavy atom. The number of hydrogen-bond donors (Lipinski definition) is 2. The van der Waals surface area contributed by atoms with Crippen molar-refractivity contribution in [2.24, 2.45) is 0 Å². The molecular formula is C13H14N2O2S2. The molecule has 0 fully saturated rings. The molecule has 6 heteroatoms. The molecule has 2 rings (SSSR count). The molecule has 0 aliphatic heterocycles. The molecular weight excluding hydrogens is 280 g/mol. The van der Waals surface area contributed by atoms with Crippen molar-refractivity contribution >= 4 is 39.9 Å². The Balaban J connectivity index is 1.96. The highest BCUT2D eigenvalue weighted by Gasteiger charge is 2.05. The summed E-state index contributed by atoms with van der Waals surface area (Å²) in [7, 11) is 0. The molecule has 0 unspecified atom stereocenters. The highest BCUT2D eigenvalue weighted by atomic mass is 32.2. The summed E-state index contributed by atoms with van der Waals surface area (Å²) < 4.78 is 0. The predicted molar refractivity (Wildman–Crippen MR) is 79.6 cm³/mol. The lowest BCUT2D eigenvalue weighted by atomic mass is 10.2. The van der Waals surface area contributed by atoms with Crippen molar-refractivity contribution in [2.75, 3.05) is 11.6 Å². The van der Waals surface area contributed by atoms with Crippen LogP contribution in [0.3, 0.4) is 0 Å². The third-order valence-corrected chi connectivity index (χ3v) is 4.04. The molecule has 0 aliphatic rings. The zero-order valence-electron chi connectivity index (χ0n) is 10.4. The number of aryl methyl sites for hydroxylation is 1. The molecule has 0 bridgehead atoms. The van der Waals surface area contributed by atoms with Gasteiger partial charge in [0, 0.05) is 22.4 Å². The highest BCUT2D eigenvalue weighted by molar-refractivity contribution is 7.98. The summed E-state index contributed by atoms with van der Waals surface area (Å²) in [5, 5.41) is 14.5. The van der Waals surface area contributed by atoms with Crippen LogP contribution in [0.2, 0.25) is 0 Å². The largest absolute Gasteiger partial charge is 0.481 e. The molecule has 0 aliphatic carbocycles. The van der Waals surface area contributed by atoms with Crippen LogP contribution >= 0.6 is 23.1 Å². The zero-order valence-corrected chi connectivity index (χ0v) is 12.1. The second-order valence-electron chi connectivity index (χ2n) is 3.89. The van der Waals surface area contributed by atoms with Crippen LogP contribution in [-0.4, -0.2) is 22.3 Å². The van der Waals surface area contributed by atoms with E-state index in [1.807, 2.05) is 35.9 Å². The topological polar surface area (TPSA) is 62.2 Å². The smallest absolute Gasteiger partial charge is 0.303 e. The third kappa shape index (κ3) is 4.25. The lowest BCUT2D eigenvalue weighted by Crippen LogP contribution is -1.98. The van der Waals surface area contributed by atoms with Crippen LogP contribution in [0.1, 0.15) is 12.1 Å². The Kier molecular flexibility index (Phi) is 4.81. The van der Waals surface area contributed by atoms with E-state index in [1.54, 1.807) is 11.8 Å². The fraction of sp³-hybridized carbons (Fsp3) is 0.231. The quantitative estimate of drug-likeness (QED) is 0.797. The van der Waals surface area contributed by atoms with E-state index < -0.39 is 5.97 Å². The monoisotopic (exact) mass is 294 g/mol. The van der Waals surface area contributed by atoms with Gasteiger partial charge in [-0.15, -0.1) is 23.1 Å². The number of thiazole rings is 1. The van der Waals surface area contributed by atoms with Crippen molar-refractivity contribution in [3.63, 3.8) is 0 Å². The number of aliphatic carboxylic acids is 1. The number of anilines is 2. The zero-order chi connectivity index (χ0) is 13.7. The standard InChI is InChI=1S/C13H14N2O2S2/c1-18-11-5-2-9(3-6-11)14-13-15-10(8-19-13)4-7-12(16)17/h2-3,5-6,8H,4,7H2,1H3,(H,14,15)(H,16,17). The van der Waals surface area contributed by atoms with E-state index in [4.69, 9.17) is 5.11 Å². The highest BCUT2D eigenvalue weighted by Crippen LogP contribution is 2.23. The van der Waals surface area contributed by atoms with Gasteiger partial charge in [0.05, 0.1) is 12.1 Å². The second-order valence-corrected chi connectivity index (χ2v) is 5.63. The Labute approximate surface area is 119 Å². The molecule has 2 N–H and O–H groups in total. The molecule has 0 radical (unpaired) electrons. The van der Waals surface area contributed by atoms with Crippen molar-refractivity contribution in [3.8, 4) is 0 Å². The van der Waals surface area contributed by atoms with Crippen molar-refractivity contribution in [2.45, 2.75) is 17.7 Å². The number of thioether (sulfide) groups is 1. The van der Waals surface area contributed by atoms with Gasteiger partial charge in [0.25, 0.3) is 0 Å². The number of aromatic nitrogens is 1. The van der Waals surface area contributed by atoms with E-state index >= 15 is 0 Å². The van der Waals surface area contributed by atoms with E-state index in [2.05, 4.69) is 10.3 Å². The van der Waals surface area contributed by atoms with Crippen LogP contribution in [0.15, 0.2) is 34.5 Å². The van der Waals surface area contributed by atoms with Gasteiger partial charge in [-0.1, -0.05) is 0 Å². The molecule has 0 spiro atoms. The summed E-state index contributed by atoms with van der Waals surface area (Å²) in [6.45, 7) is 0. The first-order chi connectivity index (χ1) is 9.17. The minimum absolute atomic E-state index is 0.117. The Morgan fingerprint density at radius 1 is 1.42 bits per heavy atom. The normalized spacial score (nSPS) is 10.4. The summed E-state index contributed by atoms with van der Waals surface area (Å²) in [5.74, 6) is -0.796. The minimum Gasteiger partial charge on any atom is -0.481 e. The second kappa shape index (κ2) is 6.58. The number of carbonyl (C=O) groups is 1. The number of benzene rings is 1. The number of carboxylic acid groups (broad SMARTS) is 1. The van der Waals surface area contributed by atoms with Gasteiger partial charge >= 0.3 is 5.97 Å². The SMILES string of the molecule is CSc1ccc(Nc2nc(CCC(=O)O)cs2)cc1. The van der Waals surface area contributed by atoms with Crippen LogP contribution in [0.25, 0.3) is 0 Å². The molecule has 0 amide bonds. The number of rotatable bonds is 6. The maximum Gasteiger partial charge on any atom is 0.303 e. The molecule has 1 aromatic carbocycles. The van der Waals surface area contributed by atoms with Crippen molar-refractivity contribution in [1.82, 2.24) is 4.98 Å². The average Bonchev–Trinajstić information content (AvgIpc) is 2.85. The van der Waals surface area contributed by atoms with Crippen molar-refractivity contribution < 1.29 is 9.90 Å². The lowest BCUT2D eigenvalue weighted by Gasteiger charge is -2.03. The third-order valence-electron chi connectivity index (χ3n) is 2.49. The van der Waals surface area contributed by atoms with Gasteiger partial charge in [-0.05, 0) is 30.5 Å². The predicted octanol–water partition coefficient (Wildman–Crippen LogP) is 3.63. The summed E-state index contributed by atoms with van der Waals surface area (Å²) >= 11 is 3.19. The van der Waals surface area contributed by atoms with E-state index in [9.17, 15) is 4.79 Å². The van der Waals surface area contributed by atoms with Crippen LogP contribution in [0.4, 0.5) is 10.8 Å². The van der Waals surface area contributed by atoms with Crippen molar-refractivity contribution in [1.29, 1.82) is 0 Å². The lowest BCUT2D eigenvalue weighted by molar-refractivity contribution is -0.136.